The molecule has 9 N–H and O–H groups in total. The molecule has 0 unspecified atom stereocenters. The molecule has 16 heteroatoms. The molecule has 2 aliphatic heterocycles. The number of amides is 1. The maximum Gasteiger partial charge on any atom is 0.226 e. The van der Waals surface area contributed by atoms with Gasteiger partial charge in [0.25, 0.3) is 0 Å². The molecule has 8 atom stereocenters. The van der Waals surface area contributed by atoms with E-state index >= 15 is 0 Å². The number of aromatic hydroxyl groups is 2. The number of hydrogen-bond donors (Lipinski definition) is 9. The fraction of sp³-hybridized carbons (Fsp3) is 0.440. The Morgan fingerprint density at radius 2 is 1.80 bits per heavy atom. The van der Waals surface area contributed by atoms with Gasteiger partial charge in [0.1, 0.15) is 65.2 Å². The number of allylic oxidation sites excluding steroid dienone is 1. The van der Waals surface area contributed by atoms with Crippen LogP contribution in [0.3, 0.4) is 0 Å². The van der Waals surface area contributed by atoms with E-state index in [2.05, 4.69) is 22.5 Å². The number of rotatable bonds is 12. The van der Waals surface area contributed by atoms with Crippen LogP contribution in [-0.4, -0.2) is 107 Å². The molecule has 66 heavy (non-hydrogen) atoms. The molecule has 10 rings (SSSR count). The van der Waals surface area contributed by atoms with Gasteiger partial charge >= 0.3 is 0 Å². The number of aliphatic hydroxyl groups is 5. The number of phenols is 2. The zero-order chi connectivity index (χ0) is 46.1. The summed E-state index contributed by atoms with van der Waals surface area (Å²) in [5.41, 5.74) is -1.67. The van der Waals surface area contributed by atoms with Crippen molar-refractivity contribution in [3.8, 4) is 22.9 Å². The van der Waals surface area contributed by atoms with Gasteiger partial charge in [-0.3, -0.25) is 9.59 Å². The molecule has 2 aliphatic carbocycles. The molecule has 2 spiro atoms. The van der Waals surface area contributed by atoms with E-state index in [0.717, 1.165) is 43.0 Å². The van der Waals surface area contributed by atoms with Crippen molar-refractivity contribution in [2.45, 2.75) is 100 Å². The predicted octanol–water partition coefficient (Wildman–Crippen LogP) is 4.64. The smallest absolute Gasteiger partial charge is 0.226 e. The van der Waals surface area contributed by atoms with Gasteiger partial charge < -0.3 is 59.8 Å². The van der Waals surface area contributed by atoms with E-state index < -0.39 is 60.7 Å². The summed E-state index contributed by atoms with van der Waals surface area (Å²) in [4.78, 5) is 43.1. The molecule has 1 saturated heterocycles. The van der Waals surface area contributed by atoms with Gasteiger partial charge in [-0.05, 0) is 85.4 Å². The zero-order valence-corrected chi connectivity index (χ0v) is 36.5. The van der Waals surface area contributed by atoms with Crippen LogP contribution >= 0.6 is 0 Å². The number of aryl methyl sites for hydroxylation is 1. The molecule has 4 aliphatic rings. The second kappa shape index (κ2) is 16.9. The van der Waals surface area contributed by atoms with E-state index in [1.165, 1.54) is 36.4 Å². The normalized spacial score (nSPS) is 24.9. The van der Waals surface area contributed by atoms with Crippen molar-refractivity contribution in [2.75, 3.05) is 19.8 Å². The Morgan fingerprint density at radius 1 is 0.985 bits per heavy atom. The number of fused-ring (bicyclic) bond motifs is 4. The number of hydrogen-bond acceptors (Lipinski definition) is 13. The molecular formula is C50H55N3O13. The Bertz CT molecular complexity index is 2890. The van der Waals surface area contributed by atoms with Gasteiger partial charge in [0.05, 0.1) is 22.9 Å². The number of aliphatic hydroxyl groups excluding tert-OH is 4. The maximum absolute atomic E-state index is 13.7. The summed E-state index contributed by atoms with van der Waals surface area (Å²) in [6, 6.07) is 12.3. The molecule has 3 aromatic carbocycles. The van der Waals surface area contributed by atoms with Gasteiger partial charge in [0.2, 0.25) is 5.91 Å². The van der Waals surface area contributed by atoms with Crippen molar-refractivity contribution in [1.29, 1.82) is 0 Å². The molecule has 1 amide bonds. The third kappa shape index (κ3) is 7.44. The summed E-state index contributed by atoms with van der Waals surface area (Å²) in [5, 5.41) is 81.3. The number of nitrogens with one attached hydrogen (secondary N) is 2. The lowest BCUT2D eigenvalue weighted by molar-refractivity contribution is -0.373. The predicted molar refractivity (Wildman–Crippen MR) is 241 cm³/mol. The summed E-state index contributed by atoms with van der Waals surface area (Å²) in [6.07, 6.45) is 8.01. The van der Waals surface area contributed by atoms with Crippen LogP contribution in [0.5, 0.6) is 17.2 Å². The van der Waals surface area contributed by atoms with E-state index in [-0.39, 0.29) is 41.1 Å². The van der Waals surface area contributed by atoms with Crippen LogP contribution in [0.15, 0.2) is 88.5 Å². The van der Waals surface area contributed by atoms with Crippen molar-refractivity contribution >= 4 is 38.6 Å². The van der Waals surface area contributed by atoms with Gasteiger partial charge in [-0.25, -0.2) is 9.78 Å². The van der Waals surface area contributed by atoms with Crippen LogP contribution in [0.2, 0.25) is 0 Å². The molecule has 1 saturated carbocycles. The number of aromatic amines is 1. The molecule has 3 aromatic heterocycles. The topological polar surface area (TPSA) is 249 Å². The molecule has 5 heterocycles. The van der Waals surface area contributed by atoms with Crippen LogP contribution in [0.1, 0.15) is 61.8 Å². The van der Waals surface area contributed by atoms with Crippen molar-refractivity contribution in [1.82, 2.24) is 14.9 Å². The fourth-order valence-corrected chi connectivity index (χ4v) is 11.4. The maximum atomic E-state index is 13.7. The summed E-state index contributed by atoms with van der Waals surface area (Å²) in [5.74, 6) is 0.592. The highest BCUT2D eigenvalue weighted by Gasteiger charge is 2.57. The Labute approximate surface area is 378 Å². The lowest BCUT2D eigenvalue weighted by Gasteiger charge is -2.49. The first-order chi connectivity index (χ1) is 31.7. The number of carbonyl (C=O) groups excluding carboxylic acids is 1. The van der Waals surface area contributed by atoms with Gasteiger partial charge in [0.15, 0.2) is 16.8 Å². The third-order valence-corrected chi connectivity index (χ3v) is 14.9. The lowest BCUT2D eigenvalue weighted by atomic mass is 9.60. The highest BCUT2D eigenvalue weighted by Crippen LogP contribution is 2.54. The molecular weight excluding hydrogens is 851 g/mol. The number of ether oxygens (including phenoxy) is 1. The minimum atomic E-state index is -2.42. The standard InChI is InChI=1S/C50H55N3O13/c1-27-16-39(57)35-17-31-18-41(66-63-26-49(62,46(60)43(59)40(58)25-54)20-28-7-10-38(56)33-9-8-32(55)19-34(28)33)50(65-44(31)42(45(35)64-27)53-23-30-11-15-51-37(30)24-53)14-5-6-29(21-50)36-22-52-47(61)48(36)12-3-2-4-13-48/h5-11,15-17,19,23-24,29,36,40-41,43,46,51,54-56,58-60,62H,2-4,12-14,18,20-22,25-26H2,1H3,(H,52,61)/t29-,36+,40-,41-,43-,46+,49+,50-/m1/s1. The van der Waals surface area contributed by atoms with E-state index in [4.69, 9.17) is 18.9 Å². The van der Waals surface area contributed by atoms with Gasteiger partial charge in [-0.2, -0.15) is 0 Å². The average Bonchev–Trinajstić information content (AvgIpc) is 4.01. The molecule has 6 aromatic rings. The van der Waals surface area contributed by atoms with Crippen LogP contribution in [0.4, 0.5) is 0 Å². The monoisotopic (exact) mass is 905 g/mol. The Hall–Kier alpha value is -5.72. The average molecular weight is 906 g/mol. The second-order valence-electron chi connectivity index (χ2n) is 19.0. The van der Waals surface area contributed by atoms with Crippen LogP contribution in [-0.2, 0) is 27.4 Å². The largest absolute Gasteiger partial charge is 0.508 e. The molecule has 0 bridgehead atoms. The summed E-state index contributed by atoms with van der Waals surface area (Å²) >= 11 is 0. The number of benzene rings is 3. The van der Waals surface area contributed by atoms with Gasteiger partial charge in [0, 0.05) is 66.8 Å². The minimum Gasteiger partial charge on any atom is -0.508 e. The summed E-state index contributed by atoms with van der Waals surface area (Å²) < 4.78 is 15.6. The minimum absolute atomic E-state index is 0.0356. The van der Waals surface area contributed by atoms with Gasteiger partial charge in [-0.15, -0.1) is 0 Å². The van der Waals surface area contributed by atoms with E-state index in [9.17, 15) is 45.3 Å². The SMILES string of the molecule is Cc1cc(=O)c2cc3c(c(-n4cc5cc[nH]c5c4)c2o1)O[C@@]1(CC=C[C@@H]([C@@H]2CNC(=O)C24CCCCC4)C1)[C@H](OOC[C@@](O)(Cc1ccc(O)c2ccc(O)cc12)[C@@H](O)[C@H](O)[C@H](O)CO)C3. The summed E-state index contributed by atoms with van der Waals surface area (Å²) in [6.45, 7) is 0.524. The zero-order valence-electron chi connectivity index (χ0n) is 36.5. The van der Waals surface area contributed by atoms with E-state index in [1.807, 2.05) is 29.2 Å². The Morgan fingerprint density at radius 3 is 2.59 bits per heavy atom. The van der Waals surface area contributed by atoms with Crippen LogP contribution < -0.4 is 15.5 Å². The molecule has 348 valence electrons. The third-order valence-electron chi connectivity index (χ3n) is 14.9. The van der Waals surface area contributed by atoms with Crippen molar-refractivity contribution in [2.24, 2.45) is 17.3 Å². The number of H-pyrrole nitrogens is 1. The number of aromatic nitrogens is 2. The number of carbonyl (C=O) groups is 1. The van der Waals surface area contributed by atoms with Crippen molar-refractivity contribution < 1.29 is 59.5 Å². The second-order valence-corrected chi connectivity index (χ2v) is 19.0. The first-order valence-corrected chi connectivity index (χ1v) is 22.7. The van der Waals surface area contributed by atoms with Crippen LogP contribution in [0, 0.1) is 24.2 Å². The highest BCUT2D eigenvalue weighted by atomic mass is 17.2. The Balaban J connectivity index is 1.05. The molecule has 2 fully saturated rings. The lowest BCUT2D eigenvalue weighted by Crippen LogP contribution is -2.58. The Kier molecular flexibility index (Phi) is 11.3. The molecule has 16 nitrogen and oxygen atoms in total. The van der Waals surface area contributed by atoms with Crippen LogP contribution in [0.25, 0.3) is 38.3 Å². The highest BCUT2D eigenvalue weighted by molar-refractivity contribution is 5.93. The molecule has 0 radical (unpaired) electrons. The van der Waals surface area contributed by atoms with E-state index in [1.54, 1.807) is 13.0 Å². The first kappa shape index (κ1) is 44.1. The quantitative estimate of drug-likeness (QED) is 0.0462. The number of phenolic OH excluding ortho intramolecular Hbond substituents is 2. The summed E-state index contributed by atoms with van der Waals surface area (Å²) in [7, 11) is 0. The van der Waals surface area contributed by atoms with Gasteiger partial charge in [-0.1, -0.05) is 37.5 Å². The first-order valence-electron chi connectivity index (χ1n) is 22.7. The fourth-order valence-electron chi connectivity index (χ4n) is 11.4. The van der Waals surface area contributed by atoms with Crippen molar-refractivity contribution in [3.05, 3.63) is 106 Å². The van der Waals surface area contributed by atoms with E-state index in [0.29, 0.717) is 69.5 Å². The van der Waals surface area contributed by atoms with Crippen molar-refractivity contribution in [3.63, 3.8) is 0 Å². The number of nitrogens with zero attached hydrogens (tertiary/aromatic N) is 1.